The van der Waals surface area contributed by atoms with Gasteiger partial charge in [-0.2, -0.15) is 18.3 Å². The van der Waals surface area contributed by atoms with E-state index in [0.717, 1.165) is 12.7 Å². The summed E-state index contributed by atoms with van der Waals surface area (Å²) in [5.41, 5.74) is 1.40. The van der Waals surface area contributed by atoms with Gasteiger partial charge in [-0.15, -0.1) is 0 Å². The lowest BCUT2D eigenvalue weighted by Gasteiger charge is -2.18. The van der Waals surface area contributed by atoms with Crippen molar-refractivity contribution in [1.82, 2.24) is 14.7 Å². The predicted molar refractivity (Wildman–Crippen MR) is 71.3 cm³/mol. The second-order valence-corrected chi connectivity index (χ2v) is 4.67. The molecule has 0 unspecified atom stereocenters. The average molecular weight is 297 g/mol. The highest BCUT2D eigenvalue weighted by atomic mass is 19.4. The Hall–Kier alpha value is -2.31. The fourth-order valence-corrected chi connectivity index (χ4v) is 2.00. The molecule has 0 spiro atoms. The van der Waals surface area contributed by atoms with E-state index in [0.29, 0.717) is 10.6 Å². The first kappa shape index (κ1) is 15.1. The minimum Gasteiger partial charge on any atom is -0.332 e. The van der Waals surface area contributed by atoms with Gasteiger partial charge < -0.3 is 4.90 Å². The largest absolute Gasteiger partial charge is 0.406 e. The van der Waals surface area contributed by atoms with E-state index in [2.05, 4.69) is 5.10 Å². The number of amides is 1. The Bertz CT molecular complexity index is 635. The Labute approximate surface area is 119 Å². The van der Waals surface area contributed by atoms with Crippen molar-refractivity contribution in [3.8, 4) is 5.69 Å². The van der Waals surface area contributed by atoms with Crippen LogP contribution in [0.1, 0.15) is 16.1 Å². The molecule has 2 aromatic rings. The first-order chi connectivity index (χ1) is 9.79. The van der Waals surface area contributed by atoms with Crippen LogP contribution in [-0.4, -0.2) is 40.4 Å². The highest BCUT2D eigenvalue weighted by Gasteiger charge is 2.32. The lowest BCUT2D eigenvalue weighted by molar-refractivity contribution is -0.138. The van der Waals surface area contributed by atoms with Crippen LogP contribution in [0.3, 0.4) is 0 Å². The van der Waals surface area contributed by atoms with Crippen LogP contribution in [0.2, 0.25) is 0 Å². The van der Waals surface area contributed by atoms with Crippen LogP contribution >= 0.6 is 0 Å². The molecule has 0 atom stereocenters. The Kier molecular flexibility index (Phi) is 4.02. The van der Waals surface area contributed by atoms with Gasteiger partial charge in [-0.1, -0.05) is 18.2 Å². The summed E-state index contributed by atoms with van der Waals surface area (Å²) in [5.74, 6) is -0.702. The zero-order chi connectivity index (χ0) is 15.6. The van der Waals surface area contributed by atoms with Crippen LogP contribution in [0.25, 0.3) is 5.69 Å². The van der Waals surface area contributed by atoms with Crippen LogP contribution in [0.15, 0.2) is 36.5 Å². The quantitative estimate of drug-likeness (QED) is 0.873. The van der Waals surface area contributed by atoms with Crippen molar-refractivity contribution in [2.75, 3.05) is 13.6 Å². The summed E-state index contributed by atoms with van der Waals surface area (Å²) in [6.07, 6.45) is -3.13. The summed E-state index contributed by atoms with van der Waals surface area (Å²) in [5, 5.41) is 4.07. The number of benzene rings is 1. The molecule has 0 saturated carbocycles. The number of carbonyl (C=O) groups excluding carboxylic acids is 1. The van der Waals surface area contributed by atoms with Crippen molar-refractivity contribution >= 4 is 5.91 Å². The molecule has 21 heavy (non-hydrogen) atoms. The minimum atomic E-state index is -4.42. The van der Waals surface area contributed by atoms with Gasteiger partial charge in [-0.05, 0) is 19.1 Å². The van der Waals surface area contributed by atoms with Gasteiger partial charge in [0, 0.05) is 7.05 Å². The lowest BCUT2D eigenvalue weighted by atomic mass is 10.2. The molecular formula is C14H14F3N3O. The molecule has 0 aliphatic carbocycles. The van der Waals surface area contributed by atoms with Crippen molar-refractivity contribution in [2.45, 2.75) is 13.1 Å². The van der Waals surface area contributed by atoms with Gasteiger partial charge in [-0.3, -0.25) is 4.79 Å². The molecule has 1 heterocycles. The Morgan fingerprint density at radius 1 is 1.29 bits per heavy atom. The maximum absolute atomic E-state index is 12.3. The van der Waals surface area contributed by atoms with Crippen molar-refractivity contribution < 1.29 is 18.0 Å². The van der Waals surface area contributed by atoms with E-state index in [1.807, 2.05) is 18.2 Å². The van der Waals surface area contributed by atoms with Gasteiger partial charge in [0.05, 0.1) is 23.1 Å². The van der Waals surface area contributed by atoms with E-state index >= 15 is 0 Å². The topological polar surface area (TPSA) is 38.1 Å². The molecule has 0 saturated heterocycles. The maximum atomic E-state index is 12.3. The maximum Gasteiger partial charge on any atom is 0.406 e. The normalized spacial score (nSPS) is 11.5. The Morgan fingerprint density at radius 2 is 1.90 bits per heavy atom. The molecule has 4 nitrogen and oxygen atoms in total. The summed E-state index contributed by atoms with van der Waals surface area (Å²) in [4.78, 5) is 12.7. The highest BCUT2D eigenvalue weighted by Crippen LogP contribution is 2.19. The standard InChI is InChI=1S/C14H14F3N3O/c1-10-12(13(21)19(2)9-14(15,16)17)8-18-20(10)11-6-4-3-5-7-11/h3-8H,9H2,1-2H3. The zero-order valence-electron chi connectivity index (χ0n) is 11.6. The molecular weight excluding hydrogens is 283 g/mol. The van der Waals surface area contributed by atoms with Gasteiger partial charge in [0.25, 0.3) is 5.91 Å². The van der Waals surface area contributed by atoms with Gasteiger partial charge in [-0.25, -0.2) is 4.68 Å². The van der Waals surface area contributed by atoms with Crippen LogP contribution in [0.4, 0.5) is 13.2 Å². The van der Waals surface area contributed by atoms with Crippen LogP contribution in [0, 0.1) is 6.92 Å². The molecule has 0 N–H and O–H groups in total. The molecule has 1 aromatic carbocycles. The molecule has 1 amide bonds. The molecule has 0 aliphatic heterocycles. The number of nitrogens with zero attached hydrogens (tertiary/aromatic N) is 3. The highest BCUT2D eigenvalue weighted by molar-refractivity contribution is 5.95. The monoisotopic (exact) mass is 297 g/mol. The summed E-state index contributed by atoms with van der Waals surface area (Å²) >= 11 is 0. The third-order valence-electron chi connectivity index (χ3n) is 3.00. The lowest BCUT2D eigenvalue weighted by Crippen LogP contribution is -2.36. The predicted octanol–water partition coefficient (Wildman–Crippen LogP) is 2.82. The number of alkyl halides is 3. The minimum absolute atomic E-state index is 0.158. The first-order valence-electron chi connectivity index (χ1n) is 6.22. The van der Waals surface area contributed by atoms with E-state index in [9.17, 15) is 18.0 Å². The molecule has 0 aliphatic rings. The molecule has 0 radical (unpaired) electrons. The van der Waals surface area contributed by atoms with Crippen LogP contribution in [0.5, 0.6) is 0 Å². The molecule has 112 valence electrons. The second kappa shape index (κ2) is 5.59. The molecule has 1 aromatic heterocycles. The molecule has 0 fully saturated rings. The summed E-state index contributed by atoms with van der Waals surface area (Å²) < 4.78 is 38.5. The number of rotatable bonds is 3. The van der Waals surface area contributed by atoms with Gasteiger partial charge in [0.15, 0.2) is 0 Å². The summed E-state index contributed by atoms with van der Waals surface area (Å²) in [6.45, 7) is 0.358. The van der Waals surface area contributed by atoms with Crippen LogP contribution in [-0.2, 0) is 0 Å². The van der Waals surface area contributed by atoms with Gasteiger partial charge in [0.1, 0.15) is 6.54 Å². The third-order valence-corrected chi connectivity index (χ3v) is 3.00. The van der Waals surface area contributed by atoms with Crippen molar-refractivity contribution in [2.24, 2.45) is 0 Å². The average Bonchev–Trinajstić information content (AvgIpc) is 2.79. The van der Waals surface area contributed by atoms with Gasteiger partial charge >= 0.3 is 6.18 Å². The van der Waals surface area contributed by atoms with Gasteiger partial charge in [0.2, 0.25) is 0 Å². The van der Waals surface area contributed by atoms with Crippen LogP contribution < -0.4 is 0 Å². The van der Waals surface area contributed by atoms with E-state index < -0.39 is 18.6 Å². The van der Waals surface area contributed by atoms with Crippen molar-refractivity contribution in [1.29, 1.82) is 0 Å². The number of aromatic nitrogens is 2. The number of hydrogen-bond acceptors (Lipinski definition) is 2. The van der Waals surface area contributed by atoms with Crippen molar-refractivity contribution in [3.63, 3.8) is 0 Å². The third kappa shape index (κ3) is 3.42. The molecule has 2 rings (SSSR count). The van der Waals surface area contributed by atoms with E-state index in [4.69, 9.17) is 0 Å². The number of para-hydroxylation sites is 1. The zero-order valence-corrected chi connectivity index (χ0v) is 11.6. The molecule has 7 heteroatoms. The van der Waals surface area contributed by atoms with Crippen molar-refractivity contribution in [3.05, 3.63) is 47.8 Å². The Morgan fingerprint density at radius 3 is 2.48 bits per heavy atom. The second-order valence-electron chi connectivity index (χ2n) is 4.67. The summed E-state index contributed by atoms with van der Waals surface area (Å²) in [6, 6.07) is 9.06. The smallest absolute Gasteiger partial charge is 0.332 e. The first-order valence-corrected chi connectivity index (χ1v) is 6.22. The Balaban J connectivity index is 2.26. The fraction of sp³-hybridized carbons (Fsp3) is 0.286. The number of carbonyl (C=O) groups is 1. The summed E-state index contributed by atoms with van der Waals surface area (Å²) in [7, 11) is 1.12. The van der Waals surface area contributed by atoms with E-state index in [1.54, 1.807) is 19.1 Å². The fourth-order valence-electron chi connectivity index (χ4n) is 2.00. The van der Waals surface area contributed by atoms with E-state index in [-0.39, 0.29) is 5.56 Å². The van der Waals surface area contributed by atoms with E-state index in [1.165, 1.54) is 10.9 Å². The number of halogens is 3. The SMILES string of the molecule is Cc1c(C(=O)N(C)CC(F)(F)F)cnn1-c1ccccc1. The number of hydrogen-bond donors (Lipinski definition) is 0. The molecule has 0 bridgehead atoms.